The monoisotopic (exact) mass is 381 g/mol. The summed E-state index contributed by atoms with van der Waals surface area (Å²) in [7, 11) is 3.71. The lowest BCUT2D eigenvalue weighted by molar-refractivity contribution is -0.132. The van der Waals surface area contributed by atoms with E-state index in [2.05, 4.69) is 47.1 Å². The van der Waals surface area contributed by atoms with Gasteiger partial charge in [-0.05, 0) is 36.7 Å². The molecule has 1 saturated heterocycles. The van der Waals surface area contributed by atoms with E-state index in [-0.39, 0.29) is 5.91 Å². The third-order valence-electron chi connectivity index (χ3n) is 5.35. The van der Waals surface area contributed by atoms with Crippen LogP contribution in [0.4, 0.5) is 5.69 Å². The largest absolute Gasteiger partial charge is 0.495 e. The highest BCUT2D eigenvalue weighted by Crippen LogP contribution is 2.28. The number of methoxy groups -OCH3 is 1. The van der Waals surface area contributed by atoms with E-state index in [9.17, 15) is 4.79 Å². The summed E-state index contributed by atoms with van der Waals surface area (Å²) < 4.78 is 5.47. The fourth-order valence-corrected chi connectivity index (χ4v) is 3.67. The van der Waals surface area contributed by atoms with Gasteiger partial charge in [0.05, 0.1) is 19.3 Å². The first kappa shape index (κ1) is 20.2. The van der Waals surface area contributed by atoms with Gasteiger partial charge in [-0.3, -0.25) is 9.69 Å². The molecule has 2 aromatic rings. The van der Waals surface area contributed by atoms with Crippen LogP contribution in [0.15, 0.2) is 48.5 Å². The van der Waals surface area contributed by atoms with E-state index in [1.807, 2.05) is 30.1 Å². The summed E-state index contributed by atoms with van der Waals surface area (Å²) in [4.78, 5) is 19.1. The maximum atomic E-state index is 12.7. The fraction of sp³-hybridized carbons (Fsp3) is 0.435. The Morgan fingerprint density at radius 2 is 1.64 bits per heavy atom. The number of nitrogens with zero attached hydrogens (tertiary/aromatic N) is 3. The van der Waals surface area contributed by atoms with Crippen LogP contribution in [-0.4, -0.2) is 62.6 Å². The maximum absolute atomic E-state index is 12.7. The molecule has 1 heterocycles. The Bertz CT molecular complexity index is 768. The first-order chi connectivity index (χ1) is 13.6. The maximum Gasteiger partial charge on any atom is 0.236 e. The van der Waals surface area contributed by atoms with Gasteiger partial charge in [0.1, 0.15) is 5.75 Å². The average molecular weight is 382 g/mol. The Morgan fingerprint density at radius 3 is 2.29 bits per heavy atom. The summed E-state index contributed by atoms with van der Waals surface area (Å²) in [6.45, 7) is 6.54. The van der Waals surface area contributed by atoms with Crippen molar-refractivity contribution in [2.75, 3.05) is 51.8 Å². The molecule has 1 fully saturated rings. The molecule has 0 unspecified atom stereocenters. The quantitative estimate of drug-likeness (QED) is 0.739. The number of ether oxygens (including phenoxy) is 1. The number of rotatable bonds is 7. The average Bonchev–Trinajstić information content (AvgIpc) is 2.74. The molecular formula is C23H31N3O2. The summed E-state index contributed by atoms with van der Waals surface area (Å²) in [6, 6.07) is 16.7. The number of benzene rings is 2. The number of anilines is 1. The van der Waals surface area contributed by atoms with Crippen LogP contribution in [0.3, 0.4) is 0 Å². The number of para-hydroxylation sites is 2. The summed E-state index contributed by atoms with van der Waals surface area (Å²) in [5.74, 6) is 1.09. The zero-order valence-corrected chi connectivity index (χ0v) is 17.2. The van der Waals surface area contributed by atoms with Gasteiger partial charge in [0, 0.05) is 32.7 Å². The molecule has 2 aromatic carbocycles. The zero-order chi connectivity index (χ0) is 19.9. The number of amides is 1. The van der Waals surface area contributed by atoms with Gasteiger partial charge in [-0.15, -0.1) is 0 Å². The molecule has 0 radical (unpaired) electrons. The van der Waals surface area contributed by atoms with Crippen molar-refractivity contribution in [1.82, 2.24) is 9.80 Å². The Labute approximate surface area is 168 Å². The van der Waals surface area contributed by atoms with Gasteiger partial charge < -0.3 is 14.5 Å². The Balaban J connectivity index is 1.49. The van der Waals surface area contributed by atoms with Crippen molar-refractivity contribution in [3.8, 4) is 5.75 Å². The van der Waals surface area contributed by atoms with Crippen LogP contribution in [0.5, 0.6) is 5.75 Å². The van der Waals surface area contributed by atoms with E-state index in [1.54, 1.807) is 7.11 Å². The molecule has 3 rings (SSSR count). The molecule has 0 saturated carbocycles. The molecule has 0 aliphatic carbocycles. The van der Waals surface area contributed by atoms with Crippen LogP contribution < -0.4 is 9.64 Å². The van der Waals surface area contributed by atoms with Crippen molar-refractivity contribution in [2.24, 2.45) is 0 Å². The Kier molecular flexibility index (Phi) is 6.93. The predicted molar refractivity (Wildman–Crippen MR) is 114 cm³/mol. The molecule has 0 atom stereocenters. The highest BCUT2D eigenvalue weighted by molar-refractivity contribution is 5.78. The number of aryl methyl sites for hydroxylation is 1. The number of hydrogen-bond donors (Lipinski definition) is 0. The smallest absolute Gasteiger partial charge is 0.236 e. The molecule has 28 heavy (non-hydrogen) atoms. The molecule has 0 spiro atoms. The van der Waals surface area contributed by atoms with Crippen molar-refractivity contribution < 1.29 is 9.53 Å². The minimum atomic E-state index is 0.201. The van der Waals surface area contributed by atoms with Gasteiger partial charge in [-0.2, -0.15) is 0 Å². The van der Waals surface area contributed by atoms with Gasteiger partial charge >= 0.3 is 0 Å². The Hall–Kier alpha value is -2.53. The normalized spacial score (nSPS) is 14.4. The van der Waals surface area contributed by atoms with Crippen molar-refractivity contribution in [3.63, 3.8) is 0 Å². The third kappa shape index (κ3) is 5.04. The predicted octanol–water partition coefficient (Wildman–Crippen LogP) is 3.04. The van der Waals surface area contributed by atoms with E-state index in [0.717, 1.165) is 50.6 Å². The Morgan fingerprint density at radius 1 is 1.00 bits per heavy atom. The molecular weight excluding hydrogens is 350 g/mol. The molecule has 5 nitrogen and oxygen atoms in total. The first-order valence-electron chi connectivity index (χ1n) is 10.0. The number of carbonyl (C=O) groups is 1. The molecule has 1 aliphatic rings. The number of piperazine rings is 1. The molecule has 150 valence electrons. The number of likely N-dealkylation sites (N-methyl/N-ethyl adjacent to an activating group) is 1. The minimum absolute atomic E-state index is 0.201. The van der Waals surface area contributed by atoms with Crippen LogP contribution in [-0.2, 0) is 17.8 Å². The summed E-state index contributed by atoms with van der Waals surface area (Å²) in [6.07, 6.45) is 1.05. The second-order valence-corrected chi connectivity index (χ2v) is 7.38. The van der Waals surface area contributed by atoms with Crippen LogP contribution in [0, 0.1) is 0 Å². The van der Waals surface area contributed by atoms with E-state index in [0.29, 0.717) is 6.54 Å². The highest BCUT2D eigenvalue weighted by atomic mass is 16.5. The van der Waals surface area contributed by atoms with Crippen LogP contribution >= 0.6 is 0 Å². The SMILES string of the molecule is CCc1ccc(CN(C)CC(=O)N2CCN(c3ccccc3OC)CC2)cc1. The van der Waals surface area contributed by atoms with Gasteiger partial charge in [0.15, 0.2) is 0 Å². The van der Waals surface area contributed by atoms with Gasteiger partial charge in [-0.25, -0.2) is 0 Å². The van der Waals surface area contributed by atoms with Gasteiger partial charge in [0.25, 0.3) is 0 Å². The van der Waals surface area contributed by atoms with Crippen molar-refractivity contribution in [3.05, 3.63) is 59.7 Å². The third-order valence-corrected chi connectivity index (χ3v) is 5.35. The summed E-state index contributed by atoms with van der Waals surface area (Å²) in [5, 5.41) is 0. The van der Waals surface area contributed by atoms with E-state index in [4.69, 9.17) is 4.74 Å². The van der Waals surface area contributed by atoms with Crippen LogP contribution in [0.25, 0.3) is 0 Å². The fourth-order valence-electron chi connectivity index (χ4n) is 3.67. The molecule has 0 N–H and O–H groups in total. The lowest BCUT2D eigenvalue weighted by atomic mass is 10.1. The summed E-state index contributed by atoms with van der Waals surface area (Å²) in [5.41, 5.74) is 3.69. The lowest BCUT2D eigenvalue weighted by Crippen LogP contribution is -2.51. The van der Waals surface area contributed by atoms with Crippen molar-refractivity contribution >= 4 is 11.6 Å². The minimum Gasteiger partial charge on any atom is -0.495 e. The second kappa shape index (κ2) is 9.60. The first-order valence-corrected chi connectivity index (χ1v) is 10.0. The topological polar surface area (TPSA) is 36.0 Å². The van der Waals surface area contributed by atoms with E-state index < -0.39 is 0 Å². The highest BCUT2D eigenvalue weighted by Gasteiger charge is 2.23. The van der Waals surface area contributed by atoms with Crippen molar-refractivity contribution in [2.45, 2.75) is 19.9 Å². The molecule has 1 aliphatic heterocycles. The standard InChI is InChI=1S/C23H31N3O2/c1-4-19-9-11-20(12-10-19)17-24(2)18-23(27)26-15-13-25(14-16-26)21-7-5-6-8-22(21)28-3/h5-12H,4,13-18H2,1-3H3. The second-order valence-electron chi connectivity index (χ2n) is 7.38. The molecule has 1 amide bonds. The van der Waals surface area contributed by atoms with Gasteiger partial charge in [0.2, 0.25) is 5.91 Å². The summed E-state index contributed by atoms with van der Waals surface area (Å²) >= 11 is 0. The zero-order valence-electron chi connectivity index (χ0n) is 17.2. The lowest BCUT2D eigenvalue weighted by Gasteiger charge is -2.37. The molecule has 0 bridgehead atoms. The van der Waals surface area contributed by atoms with Crippen LogP contribution in [0.1, 0.15) is 18.1 Å². The van der Waals surface area contributed by atoms with Crippen molar-refractivity contribution in [1.29, 1.82) is 0 Å². The number of hydrogen-bond acceptors (Lipinski definition) is 4. The molecule has 5 heteroatoms. The molecule has 0 aromatic heterocycles. The number of carbonyl (C=O) groups excluding carboxylic acids is 1. The van der Waals surface area contributed by atoms with Gasteiger partial charge in [-0.1, -0.05) is 43.3 Å². The van der Waals surface area contributed by atoms with E-state index >= 15 is 0 Å². The van der Waals surface area contributed by atoms with E-state index in [1.165, 1.54) is 11.1 Å². The van der Waals surface area contributed by atoms with Crippen LogP contribution in [0.2, 0.25) is 0 Å².